The summed E-state index contributed by atoms with van der Waals surface area (Å²) in [5, 5.41) is 2.73. The van der Waals surface area contributed by atoms with Crippen LogP contribution in [0.2, 0.25) is 0 Å². The number of rotatable bonds is 7. The second-order valence-electron chi connectivity index (χ2n) is 8.42. The molecule has 0 bridgehead atoms. The van der Waals surface area contributed by atoms with E-state index >= 15 is 0 Å². The molecule has 154 valence electrons. The normalized spacial score (nSPS) is 12.3. The first-order chi connectivity index (χ1) is 13.6. The van der Waals surface area contributed by atoms with Crippen molar-refractivity contribution in [2.75, 3.05) is 6.61 Å². The Balaban J connectivity index is 2.00. The van der Waals surface area contributed by atoms with Crippen LogP contribution in [0, 0.1) is 5.92 Å². The second-order valence-corrected chi connectivity index (χ2v) is 8.42. The zero-order valence-corrected chi connectivity index (χ0v) is 17.7. The minimum absolute atomic E-state index is 0.00935. The van der Waals surface area contributed by atoms with Gasteiger partial charge in [-0.05, 0) is 29.0 Å². The van der Waals surface area contributed by atoms with Crippen molar-refractivity contribution in [3.8, 4) is 0 Å². The average molecular weight is 395 g/mol. The van der Waals surface area contributed by atoms with Crippen LogP contribution in [-0.2, 0) is 14.9 Å². The molecule has 0 saturated carbocycles. The maximum atomic E-state index is 12.6. The lowest BCUT2D eigenvalue weighted by molar-refractivity contribution is -0.145. The van der Waals surface area contributed by atoms with E-state index < -0.39 is 12.0 Å². The number of Topliss-reactive ketones (excluding diaryl/α,β-unsaturated/α-hetero) is 1. The Morgan fingerprint density at radius 1 is 0.897 bits per heavy atom. The van der Waals surface area contributed by atoms with Crippen molar-refractivity contribution in [3.05, 3.63) is 71.3 Å². The van der Waals surface area contributed by atoms with E-state index in [1.165, 1.54) is 0 Å². The first-order valence-electron chi connectivity index (χ1n) is 9.76. The first kappa shape index (κ1) is 22.3. The second kappa shape index (κ2) is 9.50. The third-order valence-corrected chi connectivity index (χ3v) is 4.66. The quantitative estimate of drug-likeness (QED) is 0.564. The van der Waals surface area contributed by atoms with Crippen LogP contribution in [0.25, 0.3) is 0 Å². The van der Waals surface area contributed by atoms with Gasteiger partial charge >= 0.3 is 5.97 Å². The predicted octanol–water partition coefficient (Wildman–Crippen LogP) is 4.16. The summed E-state index contributed by atoms with van der Waals surface area (Å²) in [6.45, 7) is 9.57. The summed E-state index contributed by atoms with van der Waals surface area (Å²) in [4.78, 5) is 37.2. The summed E-state index contributed by atoms with van der Waals surface area (Å²) in [6.07, 6.45) is 0. The highest BCUT2D eigenvalue weighted by atomic mass is 16.5. The number of esters is 1. The van der Waals surface area contributed by atoms with Crippen LogP contribution in [0.1, 0.15) is 60.9 Å². The van der Waals surface area contributed by atoms with Gasteiger partial charge in [0, 0.05) is 11.1 Å². The maximum Gasteiger partial charge on any atom is 0.329 e. The highest BCUT2D eigenvalue weighted by Crippen LogP contribution is 2.22. The molecule has 0 aliphatic carbocycles. The van der Waals surface area contributed by atoms with Crippen molar-refractivity contribution >= 4 is 17.7 Å². The molecule has 0 spiro atoms. The molecule has 0 radical (unpaired) electrons. The van der Waals surface area contributed by atoms with Gasteiger partial charge in [0.25, 0.3) is 5.91 Å². The molecule has 0 aromatic heterocycles. The van der Waals surface area contributed by atoms with Crippen LogP contribution < -0.4 is 5.32 Å². The fourth-order valence-electron chi connectivity index (χ4n) is 2.78. The molecule has 5 nitrogen and oxygen atoms in total. The Kier molecular flexibility index (Phi) is 7.32. The van der Waals surface area contributed by atoms with E-state index in [9.17, 15) is 14.4 Å². The molecule has 2 aromatic rings. The van der Waals surface area contributed by atoms with Crippen LogP contribution in [0.15, 0.2) is 54.6 Å². The summed E-state index contributed by atoms with van der Waals surface area (Å²) in [5.74, 6) is -1.45. The zero-order valence-electron chi connectivity index (χ0n) is 17.7. The molecule has 1 unspecified atom stereocenters. The Hall–Kier alpha value is -2.95. The zero-order chi connectivity index (χ0) is 21.6. The highest BCUT2D eigenvalue weighted by molar-refractivity contribution is 5.99. The standard InChI is InChI=1S/C24H29NO4/c1-16(2)21(23(28)29-15-20(26)17-9-7-6-8-10-17)25-22(27)18-11-13-19(14-12-18)24(3,4)5/h6-14,16,21H,15H2,1-5H3,(H,25,27). The number of ketones is 1. The van der Waals surface area contributed by atoms with Gasteiger partial charge in [-0.2, -0.15) is 0 Å². The summed E-state index contributed by atoms with van der Waals surface area (Å²) in [6, 6.07) is 15.1. The monoisotopic (exact) mass is 395 g/mol. The molecule has 1 N–H and O–H groups in total. The van der Waals surface area contributed by atoms with Gasteiger partial charge in [-0.1, -0.05) is 77.1 Å². The highest BCUT2D eigenvalue weighted by Gasteiger charge is 2.27. The van der Waals surface area contributed by atoms with Crippen LogP contribution in [0.5, 0.6) is 0 Å². The third kappa shape index (κ3) is 6.28. The van der Waals surface area contributed by atoms with Crippen LogP contribution in [0.3, 0.4) is 0 Å². The fourth-order valence-corrected chi connectivity index (χ4v) is 2.78. The van der Waals surface area contributed by atoms with Gasteiger partial charge in [-0.3, -0.25) is 9.59 Å². The minimum atomic E-state index is -0.839. The van der Waals surface area contributed by atoms with Gasteiger partial charge in [0.15, 0.2) is 12.4 Å². The molecule has 1 atom stereocenters. The number of carbonyl (C=O) groups excluding carboxylic acids is 3. The van der Waals surface area contributed by atoms with E-state index in [2.05, 4.69) is 26.1 Å². The molecular formula is C24H29NO4. The predicted molar refractivity (Wildman–Crippen MR) is 113 cm³/mol. The number of amides is 1. The van der Waals surface area contributed by atoms with Gasteiger partial charge in [0.05, 0.1) is 0 Å². The van der Waals surface area contributed by atoms with E-state index in [1.807, 2.05) is 26.0 Å². The molecule has 0 heterocycles. The molecule has 2 rings (SSSR count). The lowest BCUT2D eigenvalue weighted by Crippen LogP contribution is -2.45. The molecule has 5 heteroatoms. The number of nitrogens with one attached hydrogen (secondary N) is 1. The Bertz CT molecular complexity index is 849. The minimum Gasteiger partial charge on any atom is -0.456 e. The van der Waals surface area contributed by atoms with Crippen LogP contribution >= 0.6 is 0 Å². The van der Waals surface area contributed by atoms with Crippen molar-refractivity contribution in [1.82, 2.24) is 5.32 Å². The number of carbonyl (C=O) groups is 3. The van der Waals surface area contributed by atoms with Gasteiger partial charge in [0.1, 0.15) is 6.04 Å². The molecule has 1 amide bonds. The van der Waals surface area contributed by atoms with Gasteiger partial charge < -0.3 is 10.1 Å². The maximum absolute atomic E-state index is 12.6. The van der Waals surface area contributed by atoms with Crippen molar-refractivity contribution < 1.29 is 19.1 Å². The number of hydrogen-bond donors (Lipinski definition) is 1. The molecule has 29 heavy (non-hydrogen) atoms. The van der Waals surface area contributed by atoms with E-state index in [0.717, 1.165) is 5.56 Å². The van der Waals surface area contributed by atoms with E-state index in [-0.39, 0.29) is 29.6 Å². The summed E-state index contributed by atoms with van der Waals surface area (Å²) in [7, 11) is 0. The van der Waals surface area contributed by atoms with Gasteiger partial charge in [-0.25, -0.2) is 4.79 Å². The lowest BCUT2D eigenvalue weighted by atomic mass is 9.86. The Morgan fingerprint density at radius 3 is 2.00 bits per heavy atom. The number of ether oxygens (including phenoxy) is 1. The Morgan fingerprint density at radius 2 is 1.48 bits per heavy atom. The average Bonchev–Trinajstić information content (AvgIpc) is 2.69. The van der Waals surface area contributed by atoms with Crippen molar-refractivity contribution in [2.24, 2.45) is 5.92 Å². The number of benzene rings is 2. The van der Waals surface area contributed by atoms with Gasteiger partial charge in [-0.15, -0.1) is 0 Å². The smallest absolute Gasteiger partial charge is 0.329 e. The summed E-state index contributed by atoms with van der Waals surface area (Å²) >= 11 is 0. The van der Waals surface area contributed by atoms with Crippen molar-refractivity contribution in [2.45, 2.75) is 46.1 Å². The molecule has 0 aliphatic rings. The third-order valence-electron chi connectivity index (χ3n) is 4.66. The molecule has 0 saturated heterocycles. The topological polar surface area (TPSA) is 72.5 Å². The summed E-state index contributed by atoms with van der Waals surface area (Å²) in [5.41, 5.74) is 2.05. The van der Waals surface area contributed by atoms with Gasteiger partial charge in [0.2, 0.25) is 0 Å². The fraction of sp³-hybridized carbons (Fsp3) is 0.375. The largest absolute Gasteiger partial charge is 0.456 e. The number of hydrogen-bond acceptors (Lipinski definition) is 4. The van der Waals surface area contributed by atoms with Crippen molar-refractivity contribution in [3.63, 3.8) is 0 Å². The first-order valence-corrected chi connectivity index (χ1v) is 9.76. The van der Waals surface area contributed by atoms with Crippen LogP contribution in [-0.4, -0.2) is 30.3 Å². The van der Waals surface area contributed by atoms with E-state index in [1.54, 1.807) is 42.5 Å². The Labute approximate surface area is 172 Å². The van der Waals surface area contributed by atoms with Crippen LogP contribution in [0.4, 0.5) is 0 Å². The molecule has 0 aliphatic heterocycles. The van der Waals surface area contributed by atoms with E-state index in [4.69, 9.17) is 4.74 Å². The summed E-state index contributed by atoms with van der Waals surface area (Å²) < 4.78 is 5.18. The van der Waals surface area contributed by atoms with Crippen molar-refractivity contribution in [1.29, 1.82) is 0 Å². The molecular weight excluding hydrogens is 366 g/mol. The molecule has 0 fully saturated rings. The molecule has 2 aromatic carbocycles. The SMILES string of the molecule is CC(C)C(NC(=O)c1ccc(C(C)(C)C)cc1)C(=O)OCC(=O)c1ccccc1. The van der Waals surface area contributed by atoms with E-state index in [0.29, 0.717) is 11.1 Å². The lowest BCUT2D eigenvalue weighted by Gasteiger charge is -2.22.